The maximum atomic E-state index is 5.28. The number of anilines is 1. The van der Waals surface area contributed by atoms with Gasteiger partial charge in [0, 0.05) is 5.69 Å². The van der Waals surface area contributed by atoms with Gasteiger partial charge < -0.3 is 5.32 Å². The van der Waals surface area contributed by atoms with Crippen molar-refractivity contribution in [3.05, 3.63) is 64.2 Å². The van der Waals surface area contributed by atoms with Crippen molar-refractivity contribution in [2.45, 2.75) is 27.7 Å². The Hall–Kier alpha value is -2.20. The standard InChI is InChI=1S/C18H21N3S/c1-12-8-9-14(3)16(10-12)11-19-21-18(22)20-17-7-5-6-13(2)15(17)4/h5-11H,1-4H3,(H2,20,21,22). The van der Waals surface area contributed by atoms with Gasteiger partial charge in [0.15, 0.2) is 5.11 Å². The van der Waals surface area contributed by atoms with E-state index >= 15 is 0 Å². The van der Waals surface area contributed by atoms with E-state index in [4.69, 9.17) is 12.2 Å². The second-order valence-corrected chi connectivity index (χ2v) is 5.84. The zero-order chi connectivity index (χ0) is 16.1. The maximum Gasteiger partial charge on any atom is 0.191 e. The van der Waals surface area contributed by atoms with Crippen LogP contribution in [0.1, 0.15) is 27.8 Å². The van der Waals surface area contributed by atoms with Crippen LogP contribution in [0.5, 0.6) is 0 Å². The molecule has 0 aliphatic rings. The minimum Gasteiger partial charge on any atom is -0.331 e. The Morgan fingerprint density at radius 3 is 2.59 bits per heavy atom. The van der Waals surface area contributed by atoms with Crippen LogP contribution >= 0.6 is 12.2 Å². The molecule has 22 heavy (non-hydrogen) atoms. The monoisotopic (exact) mass is 311 g/mol. The summed E-state index contributed by atoms with van der Waals surface area (Å²) in [6.45, 7) is 8.28. The molecule has 0 aromatic heterocycles. The van der Waals surface area contributed by atoms with Crippen LogP contribution in [0.3, 0.4) is 0 Å². The first kappa shape index (κ1) is 16.2. The van der Waals surface area contributed by atoms with Crippen molar-refractivity contribution < 1.29 is 0 Å². The molecule has 0 fully saturated rings. The van der Waals surface area contributed by atoms with Crippen LogP contribution in [-0.4, -0.2) is 11.3 Å². The molecule has 0 heterocycles. The molecular formula is C18H21N3S. The Morgan fingerprint density at radius 1 is 1.05 bits per heavy atom. The molecule has 0 atom stereocenters. The predicted molar refractivity (Wildman–Crippen MR) is 98.8 cm³/mol. The number of hydrogen-bond acceptors (Lipinski definition) is 2. The van der Waals surface area contributed by atoms with Crippen LogP contribution < -0.4 is 10.7 Å². The summed E-state index contributed by atoms with van der Waals surface area (Å²) in [5.41, 5.74) is 9.76. The fourth-order valence-electron chi connectivity index (χ4n) is 2.10. The second-order valence-electron chi connectivity index (χ2n) is 5.43. The van der Waals surface area contributed by atoms with Crippen molar-refractivity contribution in [3.63, 3.8) is 0 Å². The highest BCUT2D eigenvalue weighted by atomic mass is 32.1. The van der Waals surface area contributed by atoms with Gasteiger partial charge in [-0.25, -0.2) is 0 Å². The van der Waals surface area contributed by atoms with Crippen LogP contribution in [0.4, 0.5) is 5.69 Å². The van der Waals surface area contributed by atoms with Gasteiger partial charge in [-0.1, -0.05) is 35.9 Å². The zero-order valence-corrected chi connectivity index (χ0v) is 14.2. The largest absolute Gasteiger partial charge is 0.331 e. The molecule has 0 aliphatic heterocycles. The molecular weight excluding hydrogens is 290 g/mol. The van der Waals surface area contributed by atoms with Crippen molar-refractivity contribution in [3.8, 4) is 0 Å². The topological polar surface area (TPSA) is 36.4 Å². The number of aryl methyl sites for hydroxylation is 3. The van der Waals surface area contributed by atoms with Gasteiger partial charge in [0.05, 0.1) is 6.21 Å². The SMILES string of the molecule is Cc1ccc(C)c(C=NNC(=S)Nc2cccc(C)c2C)c1. The molecule has 2 aromatic carbocycles. The lowest BCUT2D eigenvalue weighted by Gasteiger charge is -2.11. The number of nitrogens with zero attached hydrogens (tertiary/aromatic N) is 1. The first-order valence-corrected chi connectivity index (χ1v) is 7.61. The molecule has 2 aromatic rings. The number of hydrogen-bond donors (Lipinski definition) is 2. The van der Waals surface area contributed by atoms with E-state index in [-0.39, 0.29) is 0 Å². The highest BCUT2D eigenvalue weighted by molar-refractivity contribution is 7.80. The van der Waals surface area contributed by atoms with Gasteiger partial charge in [-0.05, 0) is 68.2 Å². The van der Waals surface area contributed by atoms with Gasteiger partial charge in [0.25, 0.3) is 0 Å². The third-order valence-electron chi connectivity index (χ3n) is 3.66. The first-order chi connectivity index (χ1) is 10.5. The van der Waals surface area contributed by atoms with Crippen LogP contribution in [0.2, 0.25) is 0 Å². The lowest BCUT2D eigenvalue weighted by Crippen LogP contribution is -2.24. The fourth-order valence-corrected chi connectivity index (χ4v) is 2.26. The van der Waals surface area contributed by atoms with E-state index in [0.717, 1.165) is 11.3 Å². The molecule has 2 N–H and O–H groups in total. The third kappa shape index (κ3) is 4.15. The van der Waals surface area contributed by atoms with Crippen molar-refractivity contribution >= 4 is 29.2 Å². The van der Waals surface area contributed by atoms with E-state index in [1.807, 2.05) is 12.1 Å². The van der Waals surface area contributed by atoms with Gasteiger partial charge in [0.2, 0.25) is 0 Å². The molecule has 0 aliphatic carbocycles. The van der Waals surface area contributed by atoms with Crippen LogP contribution in [0.25, 0.3) is 0 Å². The molecule has 4 heteroatoms. The average Bonchev–Trinajstić information content (AvgIpc) is 2.47. The summed E-state index contributed by atoms with van der Waals surface area (Å²) in [6, 6.07) is 12.4. The number of nitrogens with one attached hydrogen (secondary N) is 2. The lowest BCUT2D eigenvalue weighted by molar-refractivity contribution is 1.05. The van der Waals surface area contributed by atoms with E-state index in [1.54, 1.807) is 6.21 Å². The summed E-state index contributed by atoms with van der Waals surface area (Å²) < 4.78 is 0. The summed E-state index contributed by atoms with van der Waals surface area (Å²) in [5.74, 6) is 0. The van der Waals surface area contributed by atoms with Crippen LogP contribution in [-0.2, 0) is 0 Å². The zero-order valence-electron chi connectivity index (χ0n) is 13.4. The molecule has 3 nitrogen and oxygen atoms in total. The van der Waals surface area contributed by atoms with Crippen molar-refractivity contribution in [2.75, 3.05) is 5.32 Å². The minimum atomic E-state index is 0.482. The lowest BCUT2D eigenvalue weighted by atomic mass is 10.1. The predicted octanol–water partition coefficient (Wildman–Crippen LogP) is 4.24. The van der Waals surface area contributed by atoms with Gasteiger partial charge in [-0.3, -0.25) is 5.43 Å². The highest BCUT2D eigenvalue weighted by Gasteiger charge is 2.02. The van der Waals surface area contributed by atoms with E-state index in [1.165, 1.54) is 22.3 Å². The second kappa shape index (κ2) is 7.18. The van der Waals surface area contributed by atoms with Crippen LogP contribution in [0.15, 0.2) is 41.5 Å². The Balaban J connectivity index is 1.99. The Kier molecular flexibility index (Phi) is 5.28. The normalized spacial score (nSPS) is 10.7. The Morgan fingerprint density at radius 2 is 1.82 bits per heavy atom. The minimum absolute atomic E-state index is 0.482. The maximum absolute atomic E-state index is 5.28. The number of thiocarbonyl (C=S) groups is 1. The van der Waals surface area contributed by atoms with Gasteiger partial charge >= 0.3 is 0 Å². The number of hydrazone groups is 1. The number of rotatable bonds is 3. The van der Waals surface area contributed by atoms with E-state index in [0.29, 0.717) is 5.11 Å². The quantitative estimate of drug-likeness (QED) is 0.506. The highest BCUT2D eigenvalue weighted by Crippen LogP contribution is 2.17. The van der Waals surface area contributed by atoms with E-state index in [2.05, 4.69) is 67.8 Å². The third-order valence-corrected chi connectivity index (χ3v) is 3.85. The molecule has 114 valence electrons. The van der Waals surface area contributed by atoms with E-state index < -0.39 is 0 Å². The summed E-state index contributed by atoms with van der Waals surface area (Å²) in [4.78, 5) is 0. The van der Waals surface area contributed by atoms with Gasteiger partial charge in [-0.15, -0.1) is 0 Å². The van der Waals surface area contributed by atoms with E-state index in [9.17, 15) is 0 Å². The van der Waals surface area contributed by atoms with Gasteiger partial charge in [-0.2, -0.15) is 5.10 Å². The molecule has 2 rings (SSSR count). The molecule has 0 amide bonds. The number of benzene rings is 2. The average molecular weight is 311 g/mol. The van der Waals surface area contributed by atoms with Crippen LogP contribution in [0, 0.1) is 27.7 Å². The van der Waals surface area contributed by atoms with Crippen molar-refractivity contribution in [1.29, 1.82) is 0 Å². The molecule has 0 bridgehead atoms. The summed E-state index contributed by atoms with van der Waals surface area (Å²) in [7, 11) is 0. The molecule has 0 saturated carbocycles. The molecule has 0 spiro atoms. The molecule has 0 radical (unpaired) electrons. The van der Waals surface area contributed by atoms with Crippen molar-refractivity contribution in [2.24, 2.45) is 5.10 Å². The molecule has 0 unspecified atom stereocenters. The van der Waals surface area contributed by atoms with Crippen molar-refractivity contribution in [1.82, 2.24) is 5.43 Å². The molecule has 0 saturated heterocycles. The summed E-state index contributed by atoms with van der Waals surface area (Å²) >= 11 is 5.28. The fraction of sp³-hybridized carbons (Fsp3) is 0.222. The summed E-state index contributed by atoms with van der Waals surface area (Å²) in [6.07, 6.45) is 1.79. The smallest absolute Gasteiger partial charge is 0.191 e. The first-order valence-electron chi connectivity index (χ1n) is 7.21. The Bertz CT molecular complexity index is 720. The van der Waals surface area contributed by atoms with Gasteiger partial charge in [0.1, 0.15) is 0 Å². The Labute approximate surface area is 137 Å². The summed E-state index contributed by atoms with van der Waals surface area (Å²) in [5, 5.41) is 7.86.